The third kappa shape index (κ3) is 4.03. The van der Waals surface area contributed by atoms with Crippen LogP contribution in [0, 0.1) is 5.82 Å². The minimum absolute atomic E-state index is 0.215. The SMILES string of the molecule is C[C@@H](C(N)=O)N(C)CCOc1ccccc1F. The third-order valence-electron chi connectivity index (χ3n) is 2.61. The van der Waals surface area contributed by atoms with E-state index in [1.165, 1.54) is 6.07 Å². The predicted molar refractivity (Wildman–Crippen MR) is 63.2 cm³/mol. The number of primary amides is 1. The van der Waals surface area contributed by atoms with Gasteiger partial charge in [-0.25, -0.2) is 4.39 Å². The van der Waals surface area contributed by atoms with Gasteiger partial charge in [0.25, 0.3) is 0 Å². The molecule has 0 bridgehead atoms. The van der Waals surface area contributed by atoms with Crippen molar-refractivity contribution in [2.45, 2.75) is 13.0 Å². The summed E-state index contributed by atoms with van der Waals surface area (Å²) in [5.41, 5.74) is 5.16. The first-order valence-electron chi connectivity index (χ1n) is 5.39. The van der Waals surface area contributed by atoms with Gasteiger partial charge in [0.1, 0.15) is 6.61 Å². The molecule has 0 fully saturated rings. The van der Waals surface area contributed by atoms with E-state index in [1.54, 1.807) is 37.1 Å². The number of nitrogens with zero attached hydrogens (tertiary/aromatic N) is 1. The molecule has 0 saturated carbocycles. The largest absolute Gasteiger partial charge is 0.489 e. The summed E-state index contributed by atoms with van der Waals surface area (Å²) in [6.45, 7) is 2.51. The lowest BCUT2D eigenvalue weighted by molar-refractivity contribution is -0.122. The fourth-order valence-corrected chi connectivity index (χ4v) is 1.27. The minimum Gasteiger partial charge on any atom is -0.489 e. The van der Waals surface area contributed by atoms with Crippen molar-refractivity contribution in [1.29, 1.82) is 0 Å². The van der Waals surface area contributed by atoms with Crippen LogP contribution in [0.25, 0.3) is 0 Å². The minimum atomic E-state index is -0.391. The third-order valence-corrected chi connectivity index (χ3v) is 2.61. The van der Waals surface area contributed by atoms with E-state index in [9.17, 15) is 9.18 Å². The van der Waals surface area contributed by atoms with E-state index in [1.807, 2.05) is 0 Å². The number of hydrogen-bond donors (Lipinski definition) is 1. The molecule has 1 amide bonds. The summed E-state index contributed by atoms with van der Waals surface area (Å²) in [5.74, 6) is -0.566. The highest BCUT2D eigenvalue weighted by molar-refractivity contribution is 5.79. The van der Waals surface area contributed by atoms with Gasteiger partial charge < -0.3 is 10.5 Å². The van der Waals surface area contributed by atoms with Crippen LogP contribution in [0.4, 0.5) is 4.39 Å². The first-order chi connectivity index (χ1) is 8.02. The Morgan fingerprint density at radius 2 is 2.18 bits per heavy atom. The molecule has 0 spiro atoms. The van der Waals surface area contributed by atoms with Gasteiger partial charge >= 0.3 is 0 Å². The van der Waals surface area contributed by atoms with Gasteiger partial charge in [-0.15, -0.1) is 0 Å². The number of amides is 1. The van der Waals surface area contributed by atoms with E-state index in [0.29, 0.717) is 13.2 Å². The van der Waals surface area contributed by atoms with Gasteiger partial charge in [-0.3, -0.25) is 9.69 Å². The van der Waals surface area contributed by atoms with E-state index >= 15 is 0 Å². The predicted octanol–water partition coefficient (Wildman–Crippen LogP) is 1.01. The van der Waals surface area contributed by atoms with Crippen LogP contribution < -0.4 is 10.5 Å². The summed E-state index contributed by atoms with van der Waals surface area (Å²) in [6, 6.07) is 5.84. The number of nitrogens with two attached hydrogens (primary N) is 1. The number of para-hydroxylation sites is 1. The Hall–Kier alpha value is -1.62. The maximum Gasteiger partial charge on any atom is 0.234 e. The van der Waals surface area contributed by atoms with Crippen LogP contribution in [0.2, 0.25) is 0 Å². The highest BCUT2D eigenvalue weighted by Gasteiger charge is 2.14. The second kappa shape index (κ2) is 6.20. The van der Waals surface area contributed by atoms with Gasteiger partial charge in [-0.2, -0.15) is 0 Å². The molecule has 0 radical (unpaired) electrons. The topological polar surface area (TPSA) is 55.6 Å². The molecule has 0 aliphatic rings. The average Bonchev–Trinajstić information content (AvgIpc) is 2.30. The monoisotopic (exact) mass is 240 g/mol. The smallest absolute Gasteiger partial charge is 0.234 e. The van der Waals surface area contributed by atoms with Crippen LogP contribution >= 0.6 is 0 Å². The van der Waals surface area contributed by atoms with E-state index in [-0.39, 0.29) is 11.8 Å². The standard InChI is InChI=1S/C12H17FN2O2/c1-9(12(14)16)15(2)7-8-17-11-6-4-3-5-10(11)13/h3-6,9H,7-8H2,1-2H3,(H2,14,16)/t9-/m0/s1. The Kier molecular flexibility index (Phi) is 4.90. The Morgan fingerprint density at radius 3 is 2.76 bits per heavy atom. The van der Waals surface area contributed by atoms with Crippen LogP contribution in [0.5, 0.6) is 5.75 Å². The number of halogens is 1. The molecule has 0 saturated heterocycles. The van der Waals surface area contributed by atoms with Gasteiger partial charge in [0, 0.05) is 6.54 Å². The lowest BCUT2D eigenvalue weighted by Gasteiger charge is -2.21. The van der Waals surface area contributed by atoms with Crippen LogP contribution in [0.15, 0.2) is 24.3 Å². The Bertz CT molecular complexity index is 385. The molecule has 0 unspecified atom stereocenters. The molecule has 2 N–H and O–H groups in total. The van der Waals surface area contributed by atoms with Crippen molar-refractivity contribution in [2.24, 2.45) is 5.73 Å². The first-order valence-corrected chi connectivity index (χ1v) is 5.39. The molecule has 0 aliphatic carbocycles. The summed E-state index contributed by atoms with van der Waals surface area (Å²) in [4.78, 5) is 12.7. The highest BCUT2D eigenvalue weighted by Crippen LogP contribution is 2.15. The van der Waals surface area contributed by atoms with Crippen LogP contribution in [-0.2, 0) is 4.79 Å². The van der Waals surface area contributed by atoms with Crippen LogP contribution in [-0.4, -0.2) is 37.0 Å². The van der Waals surface area contributed by atoms with Crippen molar-refractivity contribution in [3.05, 3.63) is 30.1 Å². The van der Waals surface area contributed by atoms with Gasteiger partial charge in [-0.1, -0.05) is 12.1 Å². The molecule has 17 heavy (non-hydrogen) atoms. The molecule has 1 atom stereocenters. The van der Waals surface area contributed by atoms with Gasteiger partial charge in [0.2, 0.25) is 5.91 Å². The average molecular weight is 240 g/mol. The number of carbonyl (C=O) groups excluding carboxylic acids is 1. The number of likely N-dealkylation sites (N-methyl/N-ethyl adjacent to an activating group) is 1. The normalized spacial score (nSPS) is 12.5. The van der Waals surface area contributed by atoms with Gasteiger partial charge in [-0.05, 0) is 26.1 Å². The molecule has 4 nitrogen and oxygen atoms in total. The fraction of sp³-hybridized carbons (Fsp3) is 0.417. The molecule has 0 aliphatic heterocycles. The number of ether oxygens (including phenoxy) is 1. The van der Waals surface area contributed by atoms with Crippen molar-refractivity contribution in [3.8, 4) is 5.75 Å². The lowest BCUT2D eigenvalue weighted by Crippen LogP contribution is -2.42. The fourth-order valence-electron chi connectivity index (χ4n) is 1.27. The van der Waals surface area contributed by atoms with Crippen molar-refractivity contribution in [3.63, 3.8) is 0 Å². The zero-order valence-electron chi connectivity index (χ0n) is 10.0. The molecular formula is C12H17FN2O2. The molecular weight excluding hydrogens is 223 g/mol. The summed E-state index contributed by atoms with van der Waals surface area (Å²) in [5, 5.41) is 0. The first kappa shape index (κ1) is 13.4. The molecule has 5 heteroatoms. The van der Waals surface area contributed by atoms with Gasteiger partial charge in [0.15, 0.2) is 11.6 Å². The Balaban J connectivity index is 2.38. The second-order valence-electron chi connectivity index (χ2n) is 3.84. The van der Waals surface area contributed by atoms with E-state index in [2.05, 4.69) is 0 Å². The van der Waals surface area contributed by atoms with Crippen LogP contribution in [0.3, 0.4) is 0 Å². The summed E-state index contributed by atoms with van der Waals surface area (Å²) in [6.07, 6.45) is 0. The molecule has 1 rings (SSSR count). The molecule has 0 heterocycles. The maximum atomic E-state index is 13.2. The van der Waals surface area contributed by atoms with E-state index < -0.39 is 11.7 Å². The number of hydrogen-bond acceptors (Lipinski definition) is 3. The lowest BCUT2D eigenvalue weighted by atomic mass is 10.3. The number of rotatable bonds is 6. The highest BCUT2D eigenvalue weighted by atomic mass is 19.1. The van der Waals surface area contributed by atoms with Crippen molar-refractivity contribution in [1.82, 2.24) is 4.90 Å². The van der Waals surface area contributed by atoms with E-state index in [0.717, 1.165) is 0 Å². The summed E-state index contributed by atoms with van der Waals surface area (Å²) >= 11 is 0. The van der Waals surface area contributed by atoms with Crippen molar-refractivity contribution >= 4 is 5.91 Å². The number of benzene rings is 1. The molecule has 1 aromatic carbocycles. The summed E-state index contributed by atoms with van der Waals surface area (Å²) < 4.78 is 18.5. The zero-order valence-corrected chi connectivity index (χ0v) is 10.0. The maximum absolute atomic E-state index is 13.2. The second-order valence-corrected chi connectivity index (χ2v) is 3.84. The summed E-state index contributed by atoms with van der Waals surface area (Å²) in [7, 11) is 1.76. The van der Waals surface area contributed by atoms with Gasteiger partial charge in [0.05, 0.1) is 6.04 Å². The van der Waals surface area contributed by atoms with E-state index in [4.69, 9.17) is 10.5 Å². The molecule has 1 aromatic rings. The molecule has 94 valence electrons. The van der Waals surface area contributed by atoms with Crippen LogP contribution in [0.1, 0.15) is 6.92 Å². The molecule has 0 aromatic heterocycles. The Morgan fingerprint density at radius 1 is 1.53 bits per heavy atom. The Labute approximate surface area is 100 Å². The quantitative estimate of drug-likeness (QED) is 0.807. The zero-order chi connectivity index (χ0) is 12.8. The number of carbonyl (C=O) groups is 1. The van der Waals surface area contributed by atoms with Crippen molar-refractivity contribution < 1.29 is 13.9 Å². The van der Waals surface area contributed by atoms with Crippen molar-refractivity contribution in [2.75, 3.05) is 20.2 Å².